The summed E-state index contributed by atoms with van der Waals surface area (Å²) < 4.78 is 4.54. The molecule has 3 heteroatoms. The van der Waals surface area contributed by atoms with E-state index in [2.05, 4.69) is 4.74 Å². The van der Waals surface area contributed by atoms with Crippen molar-refractivity contribution in [1.29, 1.82) is 0 Å². The second-order valence-electron chi connectivity index (χ2n) is 1.51. The van der Waals surface area contributed by atoms with Crippen LogP contribution in [0.3, 0.4) is 0 Å². The van der Waals surface area contributed by atoms with Crippen LogP contribution in [0.4, 0.5) is 0 Å². The molecule has 0 spiro atoms. The molecular formula is C6H10O3. The third-order valence-electron chi connectivity index (χ3n) is 0.695. The zero-order valence-electron chi connectivity index (χ0n) is 5.33. The van der Waals surface area contributed by atoms with Gasteiger partial charge in [-0.25, -0.2) is 0 Å². The summed E-state index contributed by atoms with van der Waals surface area (Å²) in [5.41, 5.74) is 0. The van der Waals surface area contributed by atoms with Crippen molar-refractivity contribution in [3.05, 3.63) is 12.3 Å². The summed E-state index contributed by atoms with van der Waals surface area (Å²) in [6.07, 6.45) is 3.02. The fraction of sp³-hybridized carbons (Fsp3) is 0.500. The van der Waals surface area contributed by atoms with E-state index in [0.29, 0.717) is 13.0 Å². The maximum atomic E-state index is 10.1. The van der Waals surface area contributed by atoms with Crippen molar-refractivity contribution in [2.75, 3.05) is 6.61 Å². The lowest BCUT2D eigenvalue weighted by atomic mass is 10.4. The molecule has 0 amide bonds. The van der Waals surface area contributed by atoms with Gasteiger partial charge in [-0.1, -0.05) is 0 Å². The highest BCUT2D eigenvalue weighted by Gasteiger charge is 1.87. The predicted octanol–water partition coefficient (Wildman–Crippen LogP) is 1.01. The molecule has 9 heavy (non-hydrogen) atoms. The third kappa shape index (κ3) is 7.01. The Morgan fingerprint density at radius 3 is 2.89 bits per heavy atom. The maximum absolute atomic E-state index is 10.1. The summed E-state index contributed by atoms with van der Waals surface area (Å²) >= 11 is 0. The summed E-state index contributed by atoms with van der Waals surface area (Å²) in [4.78, 5) is 10.1. The van der Waals surface area contributed by atoms with Crippen LogP contribution in [0.5, 0.6) is 0 Å². The molecule has 0 aliphatic carbocycles. The standard InChI is InChI=1S/C6H10O3/c1-6(8)9-5-3-2-4-7/h2,4,7H,3,5H2,1H3/b4-2+. The minimum Gasteiger partial charge on any atom is -0.516 e. The quantitative estimate of drug-likeness (QED) is 0.352. The van der Waals surface area contributed by atoms with Crippen molar-refractivity contribution in [2.45, 2.75) is 13.3 Å². The Labute approximate surface area is 53.9 Å². The molecule has 0 aliphatic rings. The van der Waals surface area contributed by atoms with Gasteiger partial charge in [0.15, 0.2) is 0 Å². The van der Waals surface area contributed by atoms with Gasteiger partial charge in [0, 0.05) is 13.3 Å². The van der Waals surface area contributed by atoms with E-state index in [1.807, 2.05) is 0 Å². The lowest BCUT2D eigenvalue weighted by molar-refractivity contribution is -0.140. The molecule has 0 bridgehead atoms. The highest BCUT2D eigenvalue weighted by Crippen LogP contribution is 1.83. The number of aliphatic hydroxyl groups is 1. The van der Waals surface area contributed by atoms with Crippen LogP contribution in [0, 0.1) is 0 Å². The highest BCUT2D eigenvalue weighted by molar-refractivity contribution is 5.65. The molecule has 0 fully saturated rings. The lowest BCUT2D eigenvalue weighted by Crippen LogP contribution is -1.98. The third-order valence-corrected chi connectivity index (χ3v) is 0.695. The van der Waals surface area contributed by atoms with Crippen LogP contribution in [-0.4, -0.2) is 17.7 Å². The summed E-state index contributed by atoms with van der Waals surface area (Å²) in [5.74, 6) is -0.290. The molecule has 0 aliphatic heterocycles. The molecule has 3 nitrogen and oxygen atoms in total. The van der Waals surface area contributed by atoms with E-state index < -0.39 is 0 Å². The molecule has 0 heterocycles. The van der Waals surface area contributed by atoms with E-state index in [1.165, 1.54) is 13.0 Å². The van der Waals surface area contributed by atoms with Crippen LogP contribution >= 0.6 is 0 Å². The maximum Gasteiger partial charge on any atom is 0.302 e. The fourth-order valence-electron chi connectivity index (χ4n) is 0.345. The van der Waals surface area contributed by atoms with E-state index in [1.54, 1.807) is 0 Å². The van der Waals surface area contributed by atoms with Gasteiger partial charge in [-0.05, 0) is 6.08 Å². The van der Waals surface area contributed by atoms with E-state index in [9.17, 15) is 4.79 Å². The molecule has 0 radical (unpaired) electrons. The van der Waals surface area contributed by atoms with Gasteiger partial charge in [-0.15, -0.1) is 0 Å². The topological polar surface area (TPSA) is 46.5 Å². The first kappa shape index (κ1) is 8.01. The van der Waals surface area contributed by atoms with Crippen LogP contribution in [-0.2, 0) is 9.53 Å². The Morgan fingerprint density at radius 2 is 2.44 bits per heavy atom. The van der Waals surface area contributed by atoms with Crippen LogP contribution in [0.25, 0.3) is 0 Å². The molecular weight excluding hydrogens is 120 g/mol. The smallest absolute Gasteiger partial charge is 0.302 e. The Balaban J connectivity index is 3.01. The number of rotatable bonds is 3. The van der Waals surface area contributed by atoms with Gasteiger partial charge in [0.2, 0.25) is 0 Å². The predicted molar refractivity (Wildman–Crippen MR) is 33.0 cm³/mol. The molecule has 0 aromatic carbocycles. The van der Waals surface area contributed by atoms with Crippen LogP contribution in [0.15, 0.2) is 12.3 Å². The molecule has 0 atom stereocenters. The average Bonchev–Trinajstić information content (AvgIpc) is 1.80. The van der Waals surface area contributed by atoms with Crippen molar-refractivity contribution in [2.24, 2.45) is 0 Å². The first-order chi connectivity index (χ1) is 4.27. The number of esters is 1. The highest BCUT2D eigenvalue weighted by atomic mass is 16.5. The van der Waals surface area contributed by atoms with Crippen molar-refractivity contribution in [3.8, 4) is 0 Å². The number of carbonyl (C=O) groups excluding carboxylic acids is 1. The normalized spacial score (nSPS) is 9.89. The SMILES string of the molecule is CC(=O)OCC/C=C/O. The molecule has 1 N–H and O–H groups in total. The van der Waals surface area contributed by atoms with Gasteiger partial charge in [0.25, 0.3) is 0 Å². The summed E-state index contributed by atoms with van der Waals surface area (Å²) in [7, 11) is 0. The summed E-state index contributed by atoms with van der Waals surface area (Å²) in [6, 6.07) is 0. The van der Waals surface area contributed by atoms with E-state index in [0.717, 1.165) is 6.26 Å². The van der Waals surface area contributed by atoms with E-state index in [4.69, 9.17) is 5.11 Å². The Morgan fingerprint density at radius 1 is 1.78 bits per heavy atom. The molecule has 0 rings (SSSR count). The van der Waals surface area contributed by atoms with Gasteiger partial charge in [-0.3, -0.25) is 4.79 Å². The fourth-order valence-corrected chi connectivity index (χ4v) is 0.345. The number of hydrogen-bond acceptors (Lipinski definition) is 3. The zero-order valence-corrected chi connectivity index (χ0v) is 5.33. The first-order valence-electron chi connectivity index (χ1n) is 2.70. The van der Waals surface area contributed by atoms with Crippen molar-refractivity contribution >= 4 is 5.97 Å². The minimum absolute atomic E-state index is 0.290. The Bertz CT molecular complexity index is 107. The number of hydrogen-bond donors (Lipinski definition) is 1. The second-order valence-corrected chi connectivity index (χ2v) is 1.51. The van der Waals surface area contributed by atoms with E-state index >= 15 is 0 Å². The number of carbonyl (C=O) groups is 1. The monoisotopic (exact) mass is 130 g/mol. The molecule has 0 aromatic heterocycles. The van der Waals surface area contributed by atoms with Crippen molar-refractivity contribution in [3.63, 3.8) is 0 Å². The summed E-state index contributed by atoms with van der Waals surface area (Å²) in [6.45, 7) is 1.69. The van der Waals surface area contributed by atoms with Gasteiger partial charge in [-0.2, -0.15) is 0 Å². The average molecular weight is 130 g/mol. The molecule has 0 unspecified atom stereocenters. The zero-order chi connectivity index (χ0) is 7.11. The van der Waals surface area contributed by atoms with Gasteiger partial charge in [0.1, 0.15) is 0 Å². The van der Waals surface area contributed by atoms with Gasteiger partial charge < -0.3 is 9.84 Å². The second kappa shape index (κ2) is 5.15. The Hall–Kier alpha value is -0.990. The van der Waals surface area contributed by atoms with Gasteiger partial charge in [0.05, 0.1) is 12.9 Å². The molecule has 0 saturated carbocycles. The molecule has 0 aromatic rings. The molecule has 0 saturated heterocycles. The lowest BCUT2D eigenvalue weighted by Gasteiger charge is -1.94. The molecule has 52 valence electrons. The van der Waals surface area contributed by atoms with Gasteiger partial charge >= 0.3 is 5.97 Å². The largest absolute Gasteiger partial charge is 0.516 e. The number of aliphatic hydroxyl groups excluding tert-OH is 1. The van der Waals surface area contributed by atoms with Crippen molar-refractivity contribution < 1.29 is 14.6 Å². The minimum atomic E-state index is -0.290. The summed E-state index contributed by atoms with van der Waals surface area (Å²) in [5, 5.41) is 8.11. The van der Waals surface area contributed by atoms with E-state index in [-0.39, 0.29) is 5.97 Å². The van der Waals surface area contributed by atoms with Crippen LogP contribution in [0.2, 0.25) is 0 Å². The van der Waals surface area contributed by atoms with Crippen LogP contribution in [0.1, 0.15) is 13.3 Å². The Kier molecular flexibility index (Phi) is 4.59. The van der Waals surface area contributed by atoms with Crippen molar-refractivity contribution in [1.82, 2.24) is 0 Å². The van der Waals surface area contributed by atoms with Crippen LogP contribution < -0.4 is 0 Å². The first-order valence-corrected chi connectivity index (χ1v) is 2.70. The number of ether oxygens (including phenoxy) is 1.